The second kappa shape index (κ2) is 11.9. The lowest BCUT2D eigenvalue weighted by molar-refractivity contribution is -0.231. The first-order chi connectivity index (χ1) is 20.4. The highest BCUT2D eigenvalue weighted by Crippen LogP contribution is 2.61. The second-order valence-corrected chi connectivity index (χ2v) is 20.6. The maximum absolute atomic E-state index is 12.8. The summed E-state index contributed by atoms with van der Waals surface area (Å²) in [6, 6.07) is 2.33. The zero-order valence-corrected chi connectivity index (χ0v) is 29.3. The third kappa shape index (κ3) is 6.26. The number of nitrogens with one attached hydrogen (secondary N) is 1. The molecule has 0 aliphatic carbocycles. The maximum Gasteiger partial charge on any atom is 0.330 e. The molecule has 1 aromatic heterocycles. The van der Waals surface area contributed by atoms with Crippen LogP contribution in [-0.2, 0) is 32.4 Å². The lowest BCUT2D eigenvalue weighted by atomic mass is 9.89. The van der Waals surface area contributed by atoms with Gasteiger partial charge in [-0.2, -0.15) is 5.26 Å². The zero-order chi connectivity index (χ0) is 32.4. The third-order valence-corrected chi connectivity index (χ3v) is 15.9. The minimum atomic E-state index is -2.15. The van der Waals surface area contributed by atoms with E-state index in [1.54, 1.807) is 6.92 Å². The summed E-state index contributed by atoms with van der Waals surface area (Å²) in [5.74, 6) is -0.883. The molecule has 0 saturated carbocycles. The molecule has 15 heteroatoms. The van der Waals surface area contributed by atoms with Gasteiger partial charge < -0.3 is 32.4 Å². The lowest BCUT2D eigenvalue weighted by Gasteiger charge is -2.48. The van der Waals surface area contributed by atoms with Crippen molar-refractivity contribution in [2.45, 2.75) is 141 Å². The third-order valence-electron chi connectivity index (χ3n) is 9.42. The number of hydrogen-bond acceptors (Lipinski definition) is 11. The van der Waals surface area contributed by atoms with Gasteiger partial charge in [0.25, 0.3) is 14.1 Å². The topological polar surface area (TPSA) is 146 Å². The average molecular weight is 655 g/mol. The molecule has 1 unspecified atom stereocenters. The van der Waals surface area contributed by atoms with Crippen molar-refractivity contribution in [3.63, 3.8) is 0 Å². The smallest absolute Gasteiger partial charge is 0.330 e. The first kappa shape index (κ1) is 33.8. The van der Waals surface area contributed by atoms with Crippen LogP contribution in [0.1, 0.15) is 73.1 Å². The number of ether oxygens (including phenoxy) is 4. The Labute approximate surface area is 261 Å². The van der Waals surface area contributed by atoms with Crippen molar-refractivity contribution in [3.05, 3.63) is 32.6 Å². The van der Waals surface area contributed by atoms with Gasteiger partial charge in [0, 0.05) is 30.8 Å². The van der Waals surface area contributed by atoms with Crippen molar-refractivity contribution in [1.82, 2.24) is 14.2 Å². The van der Waals surface area contributed by atoms with Gasteiger partial charge in [0.05, 0.1) is 25.2 Å². The normalized spacial score (nSPS) is 35.5. The fraction of sp³-hybridized carbons (Fsp3) is 0.828. The number of H-pyrrole nitrogens is 1. The predicted octanol–water partition coefficient (Wildman–Crippen LogP) is 4.04. The van der Waals surface area contributed by atoms with E-state index in [1.807, 2.05) is 13.8 Å². The van der Waals surface area contributed by atoms with Gasteiger partial charge in [-0.3, -0.25) is 14.3 Å². The largest absolute Gasteiger partial charge is 0.414 e. The molecule has 0 radical (unpaired) electrons. The Morgan fingerprint density at radius 3 is 2.57 bits per heavy atom. The Morgan fingerprint density at radius 2 is 1.93 bits per heavy atom. The fourth-order valence-electron chi connectivity index (χ4n) is 5.77. The van der Waals surface area contributed by atoms with Gasteiger partial charge in [0.1, 0.15) is 30.1 Å². The van der Waals surface area contributed by atoms with Gasteiger partial charge in [0.15, 0.2) is 20.4 Å². The minimum Gasteiger partial charge on any atom is -0.414 e. The lowest BCUT2D eigenvalue weighted by Crippen LogP contribution is -2.58. The van der Waals surface area contributed by atoms with Crippen molar-refractivity contribution >= 4 is 16.8 Å². The van der Waals surface area contributed by atoms with Gasteiger partial charge in [-0.25, -0.2) is 9.46 Å². The molecule has 44 heavy (non-hydrogen) atoms. The SMILES string of the molecule is Cc1cn([C@H]2C[C@@H](OP3O[C@@]4(CC#N)[C@@H](CN3C(C)C)O[C@@H]3OC(C)(C)O[C@@H]34)[C@@H](CO[Si](C)(C)C(C)(C)C)O2)c(=O)[nH]c1=O. The molecule has 8 atom stereocenters. The van der Waals surface area contributed by atoms with Crippen molar-refractivity contribution < 1.29 is 32.4 Å². The van der Waals surface area contributed by atoms with E-state index in [4.69, 9.17) is 32.4 Å². The summed E-state index contributed by atoms with van der Waals surface area (Å²) in [5, 5.41) is 9.90. The van der Waals surface area contributed by atoms with E-state index in [1.165, 1.54) is 10.8 Å². The van der Waals surface area contributed by atoms with Crippen LogP contribution in [0.3, 0.4) is 0 Å². The standard InChI is InChI=1S/C29H47N4O9PSi/c1-17(2)33-15-21-29(11-12-30,23-25(38-21)40-28(7,8)39-23)42-43(33)41-19-13-22(32-14-18(3)24(34)31-26(32)35)37-20(19)16-36-44(9,10)27(4,5)6/h14,17,19-23,25H,11,13,15-16H2,1-10H3,(H,31,34,35)/t19-,20-,21-,22-,23+,25-,29+,43?/m1/s1. The fourth-order valence-corrected chi connectivity index (χ4v) is 8.74. The Bertz CT molecular complexity index is 1390. The Balaban J connectivity index is 1.45. The Hall–Kier alpha value is -1.50. The first-order valence-electron chi connectivity index (χ1n) is 15.3. The highest BCUT2D eigenvalue weighted by Gasteiger charge is 2.68. The molecular formula is C29H47N4O9PSi. The molecule has 5 heterocycles. The van der Waals surface area contributed by atoms with Crippen molar-refractivity contribution in [2.24, 2.45) is 0 Å². The van der Waals surface area contributed by atoms with Crippen LogP contribution in [0, 0.1) is 18.3 Å². The number of aromatic nitrogens is 2. The monoisotopic (exact) mass is 654 g/mol. The van der Waals surface area contributed by atoms with Crippen molar-refractivity contribution in [1.29, 1.82) is 5.26 Å². The molecule has 0 amide bonds. The number of hydrogen-bond donors (Lipinski definition) is 1. The number of nitrogens with zero attached hydrogens (tertiary/aromatic N) is 3. The molecule has 4 fully saturated rings. The van der Waals surface area contributed by atoms with E-state index in [-0.39, 0.29) is 24.1 Å². The number of aromatic amines is 1. The molecule has 0 aromatic carbocycles. The van der Waals surface area contributed by atoms with E-state index in [2.05, 4.69) is 63.4 Å². The molecule has 5 rings (SSSR count). The molecule has 4 aliphatic heterocycles. The van der Waals surface area contributed by atoms with Gasteiger partial charge >= 0.3 is 5.69 Å². The van der Waals surface area contributed by atoms with Crippen LogP contribution in [0.5, 0.6) is 0 Å². The van der Waals surface area contributed by atoms with Crippen LogP contribution in [0.25, 0.3) is 0 Å². The van der Waals surface area contributed by atoms with E-state index in [0.717, 1.165) is 0 Å². The van der Waals surface area contributed by atoms with E-state index in [0.29, 0.717) is 18.5 Å². The van der Waals surface area contributed by atoms with Crippen LogP contribution in [-0.4, -0.2) is 83.8 Å². The highest BCUT2D eigenvalue weighted by molar-refractivity contribution is 7.44. The number of nitriles is 1. The van der Waals surface area contributed by atoms with Crippen LogP contribution in [0.4, 0.5) is 0 Å². The van der Waals surface area contributed by atoms with E-state index >= 15 is 0 Å². The van der Waals surface area contributed by atoms with Gasteiger partial charge in [0.2, 0.25) is 0 Å². The molecule has 13 nitrogen and oxygen atoms in total. The van der Waals surface area contributed by atoms with Gasteiger partial charge in [-0.1, -0.05) is 20.8 Å². The summed E-state index contributed by atoms with van der Waals surface area (Å²) < 4.78 is 48.8. The number of fused-ring (bicyclic) bond motifs is 3. The van der Waals surface area contributed by atoms with E-state index < -0.39 is 76.4 Å². The van der Waals surface area contributed by atoms with Gasteiger partial charge in [-0.15, -0.1) is 0 Å². The zero-order valence-electron chi connectivity index (χ0n) is 27.4. The van der Waals surface area contributed by atoms with Crippen LogP contribution >= 0.6 is 8.53 Å². The summed E-state index contributed by atoms with van der Waals surface area (Å²) in [7, 11) is -3.88. The Morgan fingerprint density at radius 1 is 1.23 bits per heavy atom. The minimum absolute atomic E-state index is 0.0197. The van der Waals surface area contributed by atoms with E-state index in [9.17, 15) is 14.9 Å². The second-order valence-electron chi connectivity index (χ2n) is 14.4. The van der Waals surface area contributed by atoms with Gasteiger partial charge in [-0.05, 0) is 52.8 Å². The summed E-state index contributed by atoms with van der Waals surface area (Å²) >= 11 is 0. The quantitative estimate of drug-likeness (QED) is 0.320. The molecule has 0 spiro atoms. The summed E-state index contributed by atoms with van der Waals surface area (Å²) in [6.45, 7) is 21.0. The molecule has 246 valence electrons. The number of rotatable bonds is 8. The van der Waals surface area contributed by atoms with Crippen molar-refractivity contribution in [2.75, 3.05) is 13.2 Å². The summed E-state index contributed by atoms with van der Waals surface area (Å²) in [4.78, 5) is 27.3. The van der Waals surface area contributed by atoms with Crippen molar-refractivity contribution in [3.8, 4) is 6.07 Å². The van der Waals surface area contributed by atoms with Crippen LogP contribution in [0.2, 0.25) is 18.1 Å². The molecule has 1 aromatic rings. The Kier molecular flexibility index (Phi) is 9.19. The molecule has 1 N–H and O–H groups in total. The highest BCUT2D eigenvalue weighted by atomic mass is 31.2. The molecule has 0 bridgehead atoms. The predicted molar refractivity (Wildman–Crippen MR) is 164 cm³/mol. The number of aryl methyl sites for hydroxylation is 1. The molecule has 4 saturated heterocycles. The molecule has 4 aliphatic rings. The van der Waals surface area contributed by atoms with Crippen LogP contribution in [0.15, 0.2) is 15.8 Å². The summed E-state index contributed by atoms with van der Waals surface area (Å²) in [6.07, 6.45) is -1.54. The van der Waals surface area contributed by atoms with Crippen LogP contribution < -0.4 is 11.2 Å². The summed E-state index contributed by atoms with van der Waals surface area (Å²) in [5.41, 5.74) is -1.66. The molecular weight excluding hydrogens is 607 g/mol. The maximum atomic E-state index is 12.8. The first-order valence-corrected chi connectivity index (χ1v) is 19.3. The average Bonchev–Trinajstić information content (AvgIpc) is 3.52.